The van der Waals surface area contributed by atoms with Gasteiger partial charge < -0.3 is 15.2 Å². The SMILES string of the molecule is CN=C(NCCn1cccc1)NCc1ccc(C)cc1.I. The molecule has 0 saturated heterocycles. The molecular formula is C16H23IN4. The molecule has 0 spiro atoms. The Morgan fingerprint density at radius 1 is 1.10 bits per heavy atom. The van der Waals surface area contributed by atoms with Gasteiger partial charge in [0.05, 0.1) is 0 Å². The first-order valence-electron chi connectivity index (χ1n) is 6.89. The smallest absolute Gasteiger partial charge is 0.191 e. The standard InChI is InChI=1S/C16H22N4.HI/c1-14-5-7-15(8-6-14)13-19-16(17-2)18-9-12-20-10-3-4-11-20;/h3-8,10-11H,9,12-13H2,1-2H3,(H2,17,18,19);1H. The van der Waals surface area contributed by atoms with E-state index in [1.807, 2.05) is 12.1 Å². The van der Waals surface area contributed by atoms with Gasteiger partial charge in [-0.2, -0.15) is 0 Å². The molecule has 0 saturated carbocycles. The van der Waals surface area contributed by atoms with E-state index in [0.29, 0.717) is 0 Å². The topological polar surface area (TPSA) is 41.4 Å². The zero-order valence-electron chi connectivity index (χ0n) is 12.5. The van der Waals surface area contributed by atoms with Crippen LogP contribution >= 0.6 is 24.0 Å². The zero-order valence-corrected chi connectivity index (χ0v) is 14.9. The molecule has 0 amide bonds. The predicted molar refractivity (Wildman–Crippen MR) is 99.2 cm³/mol. The maximum atomic E-state index is 4.22. The molecule has 114 valence electrons. The Kier molecular flexibility index (Phi) is 7.89. The lowest BCUT2D eigenvalue weighted by molar-refractivity contribution is 0.665. The van der Waals surface area contributed by atoms with E-state index in [2.05, 4.69) is 63.8 Å². The van der Waals surface area contributed by atoms with Crippen LogP contribution in [0.4, 0.5) is 0 Å². The average molecular weight is 398 g/mol. The molecule has 4 nitrogen and oxygen atoms in total. The van der Waals surface area contributed by atoms with Crippen molar-refractivity contribution >= 4 is 29.9 Å². The van der Waals surface area contributed by atoms with Crippen molar-refractivity contribution in [3.63, 3.8) is 0 Å². The van der Waals surface area contributed by atoms with Gasteiger partial charge in [-0.1, -0.05) is 29.8 Å². The highest BCUT2D eigenvalue weighted by atomic mass is 127. The molecule has 1 heterocycles. The molecule has 0 atom stereocenters. The van der Waals surface area contributed by atoms with Crippen molar-refractivity contribution in [2.75, 3.05) is 13.6 Å². The Bertz CT molecular complexity index is 532. The van der Waals surface area contributed by atoms with E-state index < -0.39 is 0 Å². The van der Waals surface area contributed by atoms with Gasteiger partial charge in [-0.25, -0.2) is 0 Å². The fourth-order valence-electron chi connectivity index (χ4n) is 1.93. The van der Waals surface area contributed by atoms with Crippen molar-refractivity contribution in [2.24, 2.45) is 4.99 Å². The number of hydrogen-bond acceptors (Lipinski definition) is 1. The van der Waals surface area contributed by atoms with E-state index in [1.54, 1.807) is 7.05 Å². The molecule has 0 unspecified atom stereocenters. The summed E-state index contributed by atoms with van der Waals surface area (Å²) in [6.07, 6.45) is 4.12. The van der Waals surface area contributed by atoms with Gasteiger partial charge in [0.25, 0.3) is 0 Å². The second-order valence-corrected chi connectivity index (χ2v) is 4.76. The van der Waals surface area contributed by atoms with Crippen molar-refractivity contribution in [2.45, 2.75) is 20.0 Å². The Labute approximate surface area is 143 Å². The number of aryl methyl sites for hydroxylation is 1. The molecule has 1 aromatic heterocycles. The second-order valence-electron chi connectivity index (χ2n) is 4.76. The molecule has 21 heavy (non-hydrogen) atoms. The van der Waals surface area contributed by atoms with Gasteiger partial charge in [0.15, 0.2) is 5.96 Å². The van der Waals surface area contributed by atoms with Crippen LogP contribution in [-0.4, -0.2) is 24.1 Å². The van der Waals surface area contributed by atoms with Crippen LogP contribution in [0.5, 0.6) is 0 Å². The summed E-state index contributed by atoms with van der Waals surface area (Å²) in [6.45, 7) is 4.66. The highest BCUT2D eigenvalue weighted by Gasteiger charge is 1.98. The van der Waals surface area contributed by atoms with E-state index >= 15 is 0 Å². The second kappa shape index (κ2) is 9.44. The minimum atomic E-state index is 0. The quantitative estimate of drug-likeness (QED) is 0.462. The van der Waals surface area contributed by atoms with Crippen LogP contribution in [0.15, 0.2) is 53.8 Å². The van der Waals surface area contributed by atoms with E-state index in [1.165, 1.54) is 11.1 Å². The summed E-state index contributed by atoms with van der Waals surface area (Å²) in [4.78, 5) is 4.22. The minimum Gasteiger partial charge on any atom is -0.355 e. The predicted octanol–water partition coefficient (Wildman–Crippen LogP) is 2.78. The maximum Gasteiger partial charge on any atom is 0.191 e. The lowest BCUT2D eigenvalue weighted by Gasteiger charge is -2.12. The lowest BCUT2D eigenvalue weighted by Crippen LogP contribution is -2.38. The number of aliphatic imine (C=N–C) groups is 1. The normalized spacial score (nSPS) is 10.9. The summed E-state index contributed by atoms with van der Waals surface area (Å²) in [5, 5.41) is 6.62. The van der Waals surface area contributed by atoms with E-state index in [-0.39, 0.29) is 24.0 Å². The van der Waals surface area contributed by atoms with Crippen molar-refractivity contribution in [3.8, 4) is 0 Å². The van der Waals surface area contributed by atoms with Crippen LogP contribution in [-0.2, 0) is 13.1 Å². The number of aromatic nitrogens is 1. The number of hydrogen-bond donors (Lipinski definition) is 2. The van der Waals surface area contributed by atoms with Crippen LogP contribution in [0.2, 0.25) is 0 Å². The average Bonchev–Trinajstić information content (AvgIpc) is 2.97. The number of rotatable bonds is 5. The third kappa shape index (κ3) is 6.20. The number of guanidine groups is 1. The molecule has 2 N–H and O–H groups in total. The molecule has 0 bridgehead atoms. The third-order valence-corrected chi connectivity index (χ3v) is 3.13. The minimum absolute atomic E-state index is 0. The molecule has 0 fully saturated rings. The number of halogens is 1. The van der Waals surface area contributed by atoms with Gasteiger partial charge in [0, 0.05) is 39.1 Å². The van der Waals surface area contributed by atoms with Crippen molar-refractivity contribution < 1.29 is 0 Å². The fraction of sp³-hybridized carbons (Fsp3) is 0.312. The number of benzene rings is 1. The largest absolute Gasteiger partial charge is 0.355 e. The molecular weight excluding hydrogens is 375 g/mol. The molecule has 1 aromatic carbocycles. The molecule has 0 aliphatic heterocycles. The zero-order chi connectivity index (χ0) is 14.2. The van der Waals surface area contributed by atoms with E-state index in [0.717, 1.165) is 25.6 Å². The monoisotopic (exact) mass is 398 g/mol. The Balaban J connectivity index is 0.00000220. The van der Waals surface area contributed by atoms with Crippen molar-refractivity contribution in [1.82, 2.24) is 15.2 Å². The Morgan fingerprint density at radius 3 is 2.38 bits per heavy atom. The van der Waals surface area contributed by atoms with E-state index in [9.17, 15) is 0 Å². The van der Waals surface area contributed by atoms with Gasteiger partial charge >= 0.3 is 0 Å². The molecule has 5 heteroatoms. The molecule has 2 aromatic rings. The highest BCUT2D eigenvalue weighted by molar-refractivity contribution is 14.0. The number of nitrogens with one attached hydrogen (secondary N) is 2. The summed E-state index contributed by atoms with van der Waals surface area (Å²) in [6, 6.07) is 12.6. The molecule has 0 aliphatic rings. The van der Waals surface area contributed by atoms with Crippen LogP contribution in [0, 0.1) is 6.92 Å². The Morgan fingerprint density at radius 2 is 1.76 bits per heavy atom. The number of nitrogens with zero attached hydrogens (tertiary/aromatic N) is 2. The summed E-state index contributed by atoms with van der Waals surface area (Å²) in [5.41, 5.74) is 2.53. The van der Waals surface area contributed by atoms with Gasteiger partial charge in [-0.3, -0.25) is 4.99 Å². The van der Waals surface area contributed by atoms with Crippen molar-refractivity contribution in [1.29, 1.82) is 0 Å². The van der Waals surface area contributed by atoms with Gasteiger partial charge in [0.2, 0.25) is 0 Å². The maximum absolute atomic E-state index is 4.22. The summed E-state index contributed by atoms with van der Waals surface area (Å²) < 4.78 is 2.14. The third-order valence-electron chi connectivity index (χ3n) is 3.13. The first-order valence-corrected chi connectivity index (χ1v) is 6.89. The fourth-order valence-corrected chi connectivity index (χ4v) is 1.93. The summed E-state index contributed by atoms with van der Waals surface area (Å²) in [7, 11) is 1.79. The summed E-state index contributed by atoms with van der Waals surface area (Å²) >= 11 is 0. The van der Waals surface area contributed by atoms with Crippen molar-refractivity contribution in [3.05, 3.63) is 59.9 Å². The first kappa shape index (κ1) is 17.6. The van der Waals surface area contributed by atoms with Crippen LogP contribution in [0.25, 0.3) is 0 Å². The van der Waals surface area contributed by atoms with E-state index in [4.69, 9.17) is 0 Å². The van der Waals surface area contributed by atoms with Gasteiger partial charge in [0.1, 0.15) is 0 Å². The Hall–Kier alpha value is -1.50. The van der Waals surface area contributed by atoms with Crippen LogP contribution in [0.3, 0.4) is 0 Å². The van der Waals surface area contributed by atoms with Gasteiger partial charge in [-0.15, -0.1) is 24.0 Å². The molecule has 0 aliphatic carbocycles. The highest BCUT2D eigenvalue weighted by Crippen LogP contribution is 2.02. The molecule has 0 radical (unpaired) electrons. The van der Waals surface area contributed by atoms with Crippen LogP contribution in [0.1, 0.15) is 11.1 Å². The first-order chi connectivity index (χ1) is 9.78. The lowest BCUT2D eigenvalue weighted by atomic mass is 10.1. The molecule has 2 rings (SSSR count). The summed E-state index contributed by atoms with van der Waals surface area (Å²) in [5.74, 6) is 0.831. The van der Waals surface area contributed by atoms with Crippen LogP contribution < -0.4 is 10.6 Å². The van der Waals surface area contributed by atoms with Gasteiger partial charge in [-0.05, 0) is 24.6 Å².